The Balaban J connectivity index is 1.63. The summed E-state index contributed by atoms with van der Waals surface area (Å²) < 4.78 is 0. The fourth-order valence-corrected chi connectivity index (χ4v) is 6.59. The van der Waals surface area contributed by atoms with Crippen molar-refractivity contribution >= 4 is 16.9 Å². The van der Waals surface area contributed by atoms with Gasteiger partial charge < -0.3 is 0 Å². The number of benzene rings is 2. The summed E-state index contributed by atoms with van der Waals surface area (Å²) in [6, 6.07) is 20.9. The molecule has 4 bridgehead atoms. The zero-order chi connectivity index (χ0) is 18.0. The van der Waals surface area contributed by atoms with Crippen molar-refractivity contribution in [2.24, 2.45) is 23.7 Å². The predicted octanol–water partition coefficient (Wildman–Crippen LogP) is 5.93. The molecule has 4 fully saturated rings. The third-order valence-corrected chi connectivity index (χ3v) is 7.36. The Morgan fingerprint density at radius 3 is 1.37 bits per heavy atom. The molecule has 27 heavy (non-hydrogen) atoms. The molecular formula is C26H24O. The lowest BCUT2D eigenvalue weighted by molar-refractivity contribution is -0.108. The van der Waals surface area contributed by atoms with Gasteiger partial charge in [-0.25, -0.2) is 0 Å². The van der Waals surface area contributed by atoms with Crippen LogP contribution >= 0.6 is 0 Å². The van der Waals surface area contributed by atoms with Gasteiger partial charge in [0.05, 0.1) is 0 Å². The van der Waals surface area contributed by atoms with E-state index in [-0.39, 0.29) is 5.78 Å². The van der Waals surface area contributed by atoms with Crippen LogP contribution in [0.5, 0.6) is 0 Å². The molecule has 4 saturated carbocycles. The Hall–Kier alpha value is -2.41. The van der Waals surface area contributed by atoms with E-state index in [1.54, 1.807) is 0 Å². The molecule has 0 radical (unpaired) electrons. The van der Waals surface area contributed by atoms with Crippen LogP contribution in [0.2, 0.25) is 0 Å². The Labute approximate surface area is 160 Å². The van der Waals surface area contributed by atoms with Crippen LogP contribution in [0.15, 0.2) is 71.8 Å². The monoisotopic (exact) mass is 352 g/mol. The summed E-state index contributed by atoms with van der Waals surface area (Å²) in [5.41, 5.74) is 7.12. The highest BCUT2D eigenvalue weighted by atomic mass is 16.1. The van der Waals surface area contributed by atoms with Gasteiger partial charge in [-0.1, -0.05) is 60.7 Å². The van der Waals surface area contributed by atoms with E-state index >= 15 is 0 Å². The van der Waals surface area contributed by atoms with Crippen LogP contribution in [0.1, 0.15) is 43.2 Å². The van der Waals surface area contributed by atoms with Crippen molar-refractivity contribution < 1.29 is 4.79 Å². The molecule has 0 saturated heterocycles. The molecule has 0 amide bonds. The van der Waals surface area contributed by atoms with Gasteiger partial charge in [0.25, 0.3) is 0 Å². The van der Waals surface area contributed by atoms with Gasteiger partial charge in [-0.3, -0.25) is 4.79 Å². The fourth-order valence-electron chi connectivity index (χ4n) is 6.59. The standard InChI is InChI=1S/C26H24O/c27-26-24(18-7-3-1-4-8-18)22-20-12-16-11-17(13-20)15-21(14-16)23(22)25(26)19-9-5-2-6-10-19/h1-10,16-17,20-21H,11-15H2. The molecule has 0 N–H and O–H groups in total. The molecule has 0 aromatic heterocycles. The molecule has 1 nitrogen and oxygen atoms in total. The van der Waals surface area contributed by atoms with Crippen molar-refractivity contribution in [2.45, 2.75) is 32.1 Å². The van der Waals surface area contributed by atoms with Gasteiger partial charge in [-0.2, -0.15) is 0 Å². The van der Waals surface area contributed by atoms with Crippen LogP contribution in [-0.2, 0) is 4.79 Å². The molecule has 134 valence electrons. The molecule has 5 aliphatic carbocycles. The minimum Gasteiger partial charge on any atom is -0.289 e. The van der Waals surface area contributed by atoms with E-state index < -0.39 is 0 Å². The van der Waals surface area contributed by atoms with Crippen molar-refractivity contribution in [3.63, 3.8) is 0 Å². The maximum absolute atomic E-state index is 13.8. The first-order valence-corrected chi connectivity index (χ1v) is 10.4. The number of carbonyl (C=O) groups excluding carboxylic acids is 1. The largest absolute Gasteiger partial charge is 0.289 e. The summed E-state index contributed by atoms with van der Waals surface area (Å²) >= 11 is 0. The van der Waals surface area contributed by atoms with Crippen LogP contribution in [0.3, 0.4) is 0 Å². The summed E-state index contributed by atoms with van der Waals surface area (Å²) in [5.74, 6) is 3.16. The van der Waals surface area contributed by atoms with E-state index in [0.717, 1.165) is 34.1 Å². The molecular weight excluding hydrogens is 328 g/mol. The molecule has 1 heteroatoms. The SMILES string of the molecule is O=C1C(c2ccccc2)=C2C(=C1c1ccccc1)C1CC3CC(CC2C3)C1. The van der Waals surface area contributed by atoms with Gasteiger partial charge >= 0.3 is 0 Å². The Kier molecular flexibility index (Phi) is 3.35. The van der Waals surface area contributed by atoms with Crippen LogP contribution in [0, 0.1) is 23.7 Å². The first-order chi connectivity index (χ1) is 13.3. The normalized spacial score (nSPS) is 31.5. The van der Waals surface area contributed by atoms with Gasteiger partial charge in [0, 0.05) is 11.1 Å². The topological polar surface area (TPSA) is 17.1 Å². The van der Waals surface area contributed by atoms with Crippen LogP contribution in [-0.4, -0.2) is 5.78 Å². The smallest absolute Gasteiger partial charge is 0.194 e. The van der Waals surface area contributed by atoms with Crippen LogP contribution in [0.25, 0.3) is 11.1 Å². The first kappa shape index (κ1) is 15.6. The number of allylic oxidation sites excluding steroid dienone is 4. The van der Waals surface area contributed by atoms with E-state index in [2.05, 4.69) is 48.5 Å². The number of hydrogen-bond donors (Lipinski definition) is 0. The van der Waals surface area contributed by atoms with Crippen LogP contribution < -0.4 is 0 Å². The van der Waals surface area contributed by atoms with Crippen molar-refractivity contribution in [3.8, 4) is 0 Å². The fraction of sp³-hybridized carbons (Fsp3) is 0.346. The summed E-state index contributed by atoms with van der Waals surface area (Å²) in [4.78, 5) is 13.8. The highest BCUT2D eigenvalue weighted by Gasteiger charge is 2.49. The average molecular weight is 352 g/mol. The second-order valence-electron chi connectivity index (χ2n) is 8.94. The maximum atomic E-state index is 13.8. The highest BCUT2D eigenvalue weighted by Crippen LogP contribution is 2.60. The number of ketones is 1. The zero-order valence-electron chi connectivity index (χ0n) is 15.5. The molecule has 0 aliphatic heterocycles. The number of hydrogen-bond acceptors (Lipinski definition) is 1. The highest BCUT2D eigenvalue weighted by molar-refractivity contribution is 6.47. The number of rotatable bonds is 2. The molecule has 0 heterocycles. The first-order valence-electron chi connectivity index (χ1n) is 10.4. The van der Waals surface area contributed by atoms with E-state index in [4.69, 9.17) is 0 Å². The van der Waals surface area contributed by atoms with E-state index in [1.165, 1.54) is 43.3 Å². The third-order valence-electron chi connectivity index (χ3n) is 7.36. The second-order valence-corrected chi connectivity index (χ2v) is 8.94. The molecule has 2 aromatic carbocycles. The van der Waals surface area contributed by atoms with Gasteiger partial charge in [0.15, 0.2) is 5.78 Å². The lowest BCUT2D eigenvalue weighted by atomic mass is 9.67. The van der Waals surface area contributed by atoms with Gasteiger partial charge in [0.2, 0.25) is 0 Å². The average Bonchev–Trinajstić information content (AvgIpc) is 2.91. The molecule has 2 aromatic rings. The van der Waals surface area contributed by atoms with E-state index in [1.807, 2.05) is 12.1 Å². The lowest BCUT2D eigenvalue weighted by Crippen LogP contribution is -2.27. The summed E-state index contributed by atoms with van der Waals surface area (Å²) in [6.45, 7) is 0. The molecule has 0 unspecified atom stereocenters. The van der Waals surface area contributed by atoms with Gasteiger partial charge in [0.1, 0.15) is 0 Å². The number of Topliss-reactive ketones (excluding diaryl/α,β-unsaturated/α-hetero) is 1. The number of carbonyl (C=O) groups is 1. The predicted molar refractivity (Wildman–Crippen MR) is 109 cm³/mol. The Bertz CT molecular complexity index is 888. The second kappa shape index (κ2) is 5.79. The summed E-state index contributed by atoms with van der Waals surface area (Å²) in [7, 11) is 0. The molecule has 0 atom stereocenters. The lowest BCUT2D eigenvalue weighted by Gasteiger charge is -2.38. The van der Waals surface area contributed by atoms with E-state index in [9.17, 15) is 4.79 Å². The minimum absolute atomic E-state index is 0.268. The zero-order valence-corrected chi connectivity index (χ0v) is 15.5. The van der Waals surface area contributed by atoms with Crippen LogP contribution in [0.4, 0.5) is 0 Å². The molecule has 0 spiro atoms. The quantitative estimate of drug-likeness (QED) is 0.654. The van der Waals surface area contributed by atoms with Gasteiger partial charge in [-0.15, -0.1) is 0 Å². The Morgan fingerprint density at radius 2 is 0.963 bits per heavy atom. The van der Waals surface area contributed by atoms with Crippen molar-refractivity contribution in [2.75, 3.05) is 0 Å². The molecule has 5 aliphatic rings. The molecule has 7 rings (SSSR count). The summed E-state index contributed by atoms with van der Waals surface area (Å²) in [5, 5.41) is 0. The maximum Gasteiger partial charge on any atom is 0.194 e. The third kappa shape index (κ3) is 2.27. The van der Waals surface area contributed by atoms with Crippen molar-refractivity contribution in [3.05, 3.63) is 82.9 Å². The summed E-state index contributed by atoms with van der Waals surface area (Å²) in [6.07, 6.45) is 6.58. The Morgan fingerprint density at radius 1 is 0.556 bits per heavy atom. The van der Waals surface area contributed by atoms with Gasteiger partial charge in [-0.05, 0) is 78.0 Å². The van der Waals surface area contributed by atoms with E-state index in [0.29, 0.717) is 11.8 Å². The van der Waals surface area contributed by atoms with Crippen molar-refractivity contribution in [1.29, 1.82) is 0 Å². The minimum atomic E-state index is 0.268. The van der Waals surface area contributed by atoms with Crippen molar-refractivity contribution in [1.82, 2.24) is 0 Å².